The van der Waals surface area contributed by atoms with Gasteiger partial charge >= 0.3 is 0 Å². The third kappa shape index (κ3) is 4.54. The van der Waals surface area contributed by atoms with Gasteiger partial charge in [0, 0.05) is 32.0 Å². The molecule has 1 saturated heterocycles. The van der Waals surface area contributed by atoms with Gasteiger partial charge in [0.05, 0.1) is 32.0 Å². The fraction of sp³-hybridized carbons (Fsp3) is 0.824. The second-order valence-electron chi connectivity index (χ2n) is 6.69. The summed E-state index contributed by atoms with van der Waals surface area (Å²) in [5.41, 5.74) is 0. The minimum absolute atomic E-state index is 0.238. The molecule has 0 bridgehead atoms. The van der Waals surface area contributed by atoms with E-state index >= 15 is 0 Å². The molecular weight excluding hydrogens is 278 g/mol. The molecule has 1 saturated carbocycles. The quantitative estimate of drug-likeness (QED) is 0.807. The molecule has 124 valence electrons. The topological polar surface area (TPSA) is 39.5 Å². The van der Waals surface area contributed by atoms with E-state index in [1.54, 1.807) is 0 Å². The third-order valence-corrected chi connectivity index (χ3v) is 4.95. The summed E-state index contributed by atoms with van der Waals surface area (Å²) in [7, 11) is 0. The van der Waals surface area contributed by atoms with Crippen molar-refractivity contribution in [1.82, 2.24) is 14.7 Å². The Hall–Kier alpha value is -0.910. The normalized spacial score (nSPS) is 30.5. The molecule has 2 aliphatic rings. The van der Waals surface area contributed by atoms with E-state index in [2.05, 4.69) is 16.9 Å². The average Bonchev–Trinajstić information content (AvgIpc) is 3.03. The molecular formula is C17H29N3O2. The Balaban J connectivity index is 1.37. The Bertz CT molecular complexity index is 424. The molecule has 3 rings (SSSR count). The highest BCUT2D eigenvalue weighted by Gasteiger charge is 2.23. The lowest BCUT2D eigenvalue weighted by molar-refractivity contribution is -0.0576. The molecule has 1 aliphatic heterocycles. The molecule has 0 radical (unpaired) electrons. The van der Waals surface area contributed by atoms with Gasteiger partial charge in [-0.25, -0.2) is 0 Å². The molecule has 0 N–H and O–H groups in total. The van der Waals surface area contributed by atoms with Crippen LogP contribution in [0, 0.1) is 5.92 Å². The van der Waals surface area contributed by atoms with Gasteiger partial charge in [0.1, 0.15) is 0 Å². The van der Waals surface area contributed by atoms with E-state index in [-0.39, 0.29) is 6.10 Å². The lowest BCUT2D eigenvalue weighted by atomic mass is 9.88. The van der Waals surface area contributed by atoms with E-state index in [1.807, 2.05) is 23.1 Å². The Morgan fingerprint density at radius 3 is 3.05 bits per heavy atom. The van der Waals surface area contributed by atoms with Crippen molar-refractivity contribution < 1.29 is 9.47 Å². The first kappa shape index (κ1) is 16.0. The van der Waals surface area contributed by atoms with Gasteiger partial charge in [0.25, 0.3) is 0 Å². The van der Waals surface area contributed by atoms with Gasteiger partial charge in [0.2, 0.25) is 0 Å². The summed E-state index contributed by atoms with van der Waals surface area (Å²) in [4.78, 5) is 2.46. The smallest absolute Gasteiger partial charge is 0.0898 e. The fourth-order valence-electron chi connectivity index (χ4n) is 3.57. The maximum Gasteiger partial charge on any atom is 0.0898 e. The average molecular weight is 307 g/mol. The van der Waals surface area contributed by atoms with E-state index in [4.69, 9.17) is 9.47 Å². The number of aromatic nitrogens is 2. The van der Waals surface area contributed by atoms with Crippen molar-refractivity contribution in [2.75, 3.05) is 32.8 Å². The van der Waals surface area contributed by atoms with Crippen LogP contribution in [0.1, 0.15) is 32.6 Å². The molecule has 1 aliphatic carbocycles. The van der Waals surface area contributed by atoms with Crippen LogP contribution < -0.4 is 0 Å². The number of hydrogen-bond acceptors (Lipinski definition) is 4. The second-order valence-corrected chi connectivity index (χ2v) is 6.69. The number of ether oxygens (including phenoxy) is 2. The molecule has 0 spiro atoms. The van der Waals surface area contributed by atoms with Gasteiger partial charge in [-0.1, -0.05) is 19.8 Å². The van der Waals surface area contributed by atoms with Gasteiger partial charge in [-0.15, -0.1) is 0 Å². The van der Waals surface area contributed by atoms with Crippen molar-refractivity contribution >= 4 is 0 Å². The van der Waals surface area contributed by atoms with Crippen molar-refractivity contribution in [3.05, 3.63) is 18.5 Å². The number of nitrogens with zero attached hydrogens (tertiary/aromatic N) is 3. The Morgan fingerprint density at radius 2 is 2.23 bits per heavy atom. The molecule has 1 aromatic rings. The molecule has 2 fully saturated rings. The van der Waals surface area contributed by atoms with Crippen LogP contribution in [0.4, 0.5) is 0 Å². The summed E-state index contributed by atoms with van der Waals surface area (Å²) in [6.07, 6.45) is 9.81. The fourth-order valence-corrected chi connectivity index (χ4v) is 3.57. The standard InChI is InChI=1S/C17H29N3O2/c1-15-5-2-3-6-17(15)22-12-10-19-9-11-21-16(13-19)14-20-8-4-7-18-20/h4,7-8,15-17H,2-3,5-6,9-14H2,1H3/t15-,16+,17+/m1/s1. The Morgan fingerprint density at radius 1 is 1.32 bits per heavy atom. The summed E-state index contributed by atoms with van der Waals surface area (Å²) in [5, 5.41) is 4.26. The van der Waals surface area contributed by atoms with Crippen LogP contribution in [0.15, 0.2) is 18.5 Å². The van der Waals surface area contributed by atoms with Crippen molar-refractivity contribution in [2.24, 2.45) is 5.92 Å². The second kappa shape index (κ2) is 8.09. The Kier molecular flexibility index (Phi) is 5.87. The number of morpholine rings is 1. The zero-order chi connectivity index (χ0) is 15.2. The van der Waals surface area contributed by atoms with Gasteiger partial charge < -0.3 is 9.47 Å². The van der Waals surface area contributed by atoms with Gasteiger partial charge in [-0.05, 0) is 24.8 Å². The first-order chi connectivity index (χ1) is 10.8. The molecule has 2 heterocycles. The van der Waals surface area contributed by atoms with Gasteiger partial charge in [0.15, 0.2) is 0 Å². The van der Waals surface area contributed by atoms with Crippen molar-refractivity contribution in [1.29, 1.82) is 0 Å². The largest absolute Gasteiger partial charge is 0.377 e. The van der Waals surface area contributed by atoms with Crippen LogP contribution in [-0.2, 0) is 16.0 Å². The van der Waals surface area contributed by atoms with Crippen molar-refractivity contribution in [3.8, 4) is 0 Å². The summed E-state index contributed by atoms with van der Waals surface area (Å²) in [6, 6.07) is 1.96. The number of hydrogen-bond donors (Lipinski definition) is 0. The maximum absolute atomic E-state index is 6.14. The highest BCUT2D eigenvalue weighted by atomic mass is 16.5. The molecule has 1 aromatic heterocycles. The van der Waals surface area contributed by atoms with E-state index in [0.29, 0.717) is 6.10 Å². The van der Waals surface area contributed by atoms with E-state index in [9.17, 15) is 0 Å². The number of rotatable bonds is 6. The minimum atomic E-state index is 0.238. The predicted octanol–water partition coefficient (Wildman–Crippen LogP) is 2.18. The highest BCUT2D eigenvalue weighted by molar-refractivity contribution is 4.80. The summed E-state index contributed by atoms with van der Waals surface area (Å²) >= 11 is 0. The van der Waals surface area contributed by atoms with E-state index in [0.717, 1.165) is 45.3 Å². The van der Waals surface area contributed by atoms with Crippen LogP contribution in [0.25, 0.3) is 0 Å². The first-order valence-corrected chi connectivity index (χ1v) is 8.74. The van der Waals surface area contributed by atoms with Gasteiger partial charge in [-0.3, -0.25) is 9.58 Å². The molecule has 3 atom stereocenters. The summed E-state index contributed by atoms with van der Waals surface area (Å²) < 4.78 is 13.9. The SMILES string of the molecule is C[C@@H]1CCCC[C@@H]1OCCN1CCO[C@H](Cn2cccn2)C1. The molecule has 22 heavy (non-hydrogen) atoms. The lowest BCUT2D eigenvalue weighted by Crippen LogP contribution is -2.45. The molecule has 0 unspecified atom stereocenters. The van der Waals surface area contributed by atoms with Crippen molar-refractivity contribution in [3.63, 3.8) is 0 Å². The van der Waals surface area contributed by atoms with Crippen LogP contribution in [-0.4, -0.2) is 59.7 Å². The zero-order valence-electron chi connectivity index (χ0n) is 13.7. The maximum atomic E-state index is 6.14. The lowest BCUT2D eigenvalue weighted by Gasteiger charge is -2.34. The predicted molar refractivity (Wildman–Crippen MR) is 85.8 cm³/mol. The van der Waals surface area contributed by atoms with Crippen molar-refractivity contribution in [2.45, 2.75) is 51.4 Å². The van der Waals surface area contributed by atoms with E-state index < -0.39 is 0 Å². The summed E-state index contributed by atoms with van der Waals surface area (Å²) in [5.74, 6) is 0.728. The molecule has 5 heteroatoms. The molecule has 0 amide bonds. The minimum Gasteiger partial charge on any atom is -0.377 e. The van der Waals surface area contributed by atoms with E-state index in [1.165, 1.54) is 25.7 Å². The Labute approximate surface area is 133 Å². The van der Waals surface area contributed by atoms with Crippen LogP contribution in [0.2, 0.25) is 0 Å². The van der Waals surface area contributed by atoms with Crippen LogP contribution in [0.3, 0.4) is 0 Å². The van der Waals surface area contributed by atoms with Crippen LogP contribution in [0.5, 0.6) is 0 Å². The molecule has 5 nitrogen and oxygen atoms in total. The summed E-state index contributed by atoms with van der Waals surface area (Å²) in [6.45, 7) is 7.84. The highest BCUT2D eigenvalue weighted by Crippen LogP contribution is 2.26. The monoisotopic (exact) mass is 307 g/mol. The zero-order valence-corrected chi connectivity index (χ0v) is 13.7. The molecule has 0 aromatic carbocycles. The van der Waals surface area contributed by atoms with Crippen LogP contribution >= 0.6 is 0 Å². The van der Waals surface area contributed by atoms with Gasteiger partial charge in [-0.2, -0.15) is 5.10 Å². The third-order valence-electron chi connectivity index (χ3n) is 4.95. The first-order valence-electron chi connectivity index (χ1n) is 8.74.